The zero-order valence-electron chi connectivity index (χ0n) is 12.1. The van der Waals surface area contributed by atoms with E-state index in [4.69, 9.17) is 10.7 Å². The third kappa shape index (κ3) is 1.63. The van der Waals surface area contributed by atoms with Crippen LogP contribution in [0.25, 0.3) is 0 Å². The van der Waals surface area contributed by atoms with Crippen molar-refractivity contribution in [1.29, 1.82) is 0 Å². The molecule has 1 unspecified atom stereocenters. The van der Waals surface area contributed by atoms with Gasteiger partial charge in [-0.15, -0.1) is 0 Å². The highest BCUT2D eigenvalue weighted by Crippen LogP contribution is 2.60. The minimum atomic E-state index is 0.0835. The molecule has 0 radical (unpaired) electrons. The largest absolute Gasteiger partial charge is 0.333 e. The quantitative estimate of drug-likeness (QED) is 0.887. The molecule has 4 saturated carbocycles. The number of hydrogen-bond acceptors (Lipinski definition) is 2. The summed E-state index contributed by atoms with van der Waals surface area (Å²) in [6.07, 6.45) is 10.6. The maximum Gasteiger partial charge on any atom is 0.114 e. The normalized spacial score (nSPS) is 41.7. The Morgan fingerprint density at radius 1 is 1.21 bits per heavy atom. The second-order valence-corrected chi connectivity index (χ2v) is 7.55. The van der Waals surface area contributed by atoms with E-state index in [1.54, 1.807) is 0 Å². The van der Waals surface area contributed by atoms with E-state index < -0.39 is 0 Å². The van der Waals surface area contributed by atoms with E-state index in [2.05, 4.69) is 18.5 Å². The molecule has 4 fully saturated rings. The average Bonchev–Trinajstić information content (AvgIpc) is 2.69. The molecule has 1 heterocycles. The van der Waals surface area contributed by atoms with Gasteiger partial charge < -0.3 is 10.3 Å². The highest BCUT2D eigenvalue weighted by atomic mass is 15.1. The van der Waals surface area contributed by atoms with Crippen LogP contribution >= 0.6 is 0 Å². The maximum absolute atomic E-state index is 6.06. The zero-order valence-corrected chi connectivity index (χ0v) is 12.1. The lowest BCUT2D eigenvalue weighted by Gasteiger charge is -2.56. The molecule has 4 bridgehead atoms. The molecule has 0 aromatic carbocycles. The highest BCUT2D eigenvalue weighted by Gasteiger charge is 2.53. The van der Waals surface area contributed by atoms with Gasteiger partial charge in [-0.2, -0.15) is 0 Å². The highest BCUT2D eigenvalue weighted by molar-refractivity contribution is 5.22. The van der Waals surface area contributed by atoms with E-state index in [1.807, 2.05) is 6.20 Å². The Morgan fingerprint density at radius 3 is 2.16 bits per heavy atom. The smallest absolute Gasteiger partial charge is 0.114 e. The Morgan fingerprint density at radius 2 is 1.74 bits per heavy atom. The van der Waals surface area contributed by atoms with Crippen molar-refractivity contribution in [1.82, 2.24) is 9.55 Å². The number of aromatic nitrogens is 2. The molecule has 0 amide bonds. The van der Waals surface area contributed by atoms with Crippen molar-refractivity contribution < 1.29 is 0 Å². The van der Waals surface area contributed by atoms with Crippen molar-refractivity contribution >= 4 is 0 Å². The van der Waals surface area contributed by atoms with Crippen molar-refractivity contribution in [3.63, 3.8) is 0 Å². The summed E-state index contributed by atoms with van der Waals surface area (Å²) in [5, 5.41) is 0. The monoisotopic (exact) mass is 259 g/mol. The number of rotatable bonds is 2. The summed E-state index contributed by atoms with van der Waals surface area (Å²) in [7, 11) is 2.17. The van der Waals surface area contributed by atoms with Crippen molar-refractivity contribution in [2.24, 2.45) is 30.5 Å². The van der Waals surface area contributed by atoms with Gasteiger partial charge in [0.1, 0.15) is 5.82 Å². The minimum absolute atomic E-state index is 0.0835. The van der Waals surface area contributed by atoms with Gasteiger partial charge in [0, 0.05) is 18.5 Å². The first kappa shape index (κ1) is 12.0. The summed E-state index contributed by atoms with van der Waals surface area (Å²) in [5.41, 5.74) is 7.63. The molecule has 2 N–H and O–H groups in total. The first-order chi connectivity index (χ1) is 9.07. The summed E-state index contributed by atoms with van der Waals surface area (Å²) >= 11 is 0. The summed E-state index contributed by atoms with van der Waals surface area (Å²) < 4.78 is 2.30. The lowest BCUT2D eigenvalue weighted by Crippen LogP contribution is -2.49. The molecule has 104 valence electrons. The van der Waals surface area contributed by atoms with E-state index >= 15 is 0 Å². The number of nitrogens with two attached hydrogens (primary N) is 1. The fourth-order valence-electron chi connectivity index (χ4n) is 5.72. The minimum Gasteiger partial charge on any atom is -0.333 e. The molecule has 1 aromatic rings. The molecule has 3 nitrogen and oxygen atoms in total. The Balaban J connectivity index is 1.75. The van der Waals surface area contributed by atoms with E-state index in [9.17, 15) is 0 Å². The molecule has 1 atom stereocenters. The summed E-state index contributed by atoms with van der Waals surface area (Å²) in [6.45, 7) is 2.06. The summed E-state index contributed by atoms with van der Waals surface area (Å²) in [4.78, 5) is 4.81. The molecule has 5 rings (SSSR count). The number of nitrogens with zero attached hydrogens (tertiary/aromatic N) is 2. The lowest BCUT2D eigenvalue weighted by atomic mass is 9.49. The molecule has 0 spiro atoms. The average molecular weight is 259 g/mol. The van der Waals surface area contributed by atoms with Gasteiger partial charge in [-0.25, -0.2) is 4.98 Å². The number of imidazole rings is 1. The van der Waals surface area contributed by atoms with Crippen molar-refractivity contribution in [3.05, 3.63) is 17.7 Å². The van der Waals surface area contributed by atoms with Crippen LogP contribution in [-0.4, -0.2) is 9.55 Å². The van der Waals surface area contributed by atoms with E-state index in [0.29, 0.717) is 5.41 Å². The molecule has 0 saturated heterocycles. The predicted octanol–water partition coefficient (Wildman–Crippen LogP) is 2.91. The van der Waals surface area contributed by atoms with E-state index in [0.717, 1.165) is 17.8 Å². The van der Waals surface area contributed by atoms with Gasteiger partial charge in [0.05, 0.1) is 11.9 Å². The van der Waals surface area contributed by atoms with E-state index in [1.165, 1.54) is 50.0 Å². The van der Waals surface area contributed by atoms with E-state index in [-0.39, 0.29) is 6.04 Å². The van der Waals surface area contributed by atoms with Crippen LogP contribution in [0, 0.1) is 17.8 Å². The Labute approximate surface area is 115 Å². The molecule has 4 aliphatic carbocycles. The summed E-state index contributed by atoms with van der Waals surface area (Å²) in [5.74, 6) is 4.25. The van der Waals surface area contributed by atoms with Crippen molar-refractivity contribution in [3.8, 4) is 0 Å². The van der Waals surface area contributed by atoms with Crippen LogP contribution in [-0.2, 0) is 12.5 Å². The molecular formula is C16H25N3. The lowest BCUT2D eigenvalue weighted by molar-refractivity contribution is -0.0107. The van der Waals surface area contributed by atoms with Crippen LogP contribution in [0.15, 0.2) is 6.20 Å². The van der Waals surface area contributed by atoms with Gasteiger partial charge in [0.2, 0.25) is 0 Å². The molecule has 4 aliphatic rings. The molecule has 19 heavy (non-hydrogen) atoms. The van der Waals surface area contributed by atoms with Gasteiger partial charge in [-0.05, 0) is 63.2 Å². The van der Waals surface area contributed by atoms with Crippen LogP contribution in [0.4, 0.5) is 0 Å². The standard InChI is InChI=1S/C16H25N3/c1-10(17)14-9-18-15(19(14)2)16-6-11-3-12(7-16)5-13(4-11)8-16/h9-13H,3-8,17H2,1-2H3. The second-order valence-electron chi connectivity index (χ2n) is 7.55. The van der Waals surface area contributed by atoms with Crippen LogP contribution in [0.5, 0.6) is 0 Å². The van der Waals surface area contributed by atoms with Gasteiger partial charge in [-0.1, -0.05) is 0 Å². The molecular weight excluding hydrogens is 234 g/mol. The summed E-state index contributed by atoms with van der Waals surface area (Å²) in [6, 6.07) is 0.0835. The third-order valence-corrected chi connectivity index (χ3v) is 6.00. The topological polar surface area (TPSA) is 43.8 Å². The van der Waals surface area contributed by atoms with Crippen molar-refractivity contribution in [2.75, 3.05) is 0 Å². The van der Waals surface area contributed by atoms with Gasteiger partial charge in [0.15, 0.2) is 0 Å². The third-order valence-electron chi connectivity index (χ3n) is 6.00. The van der Waals surface area contributed by atoms with Crippen LogP contribution in [0.1, 0.15) is 63.0 Å². The zero-order chi connectivity index (χ0) is 13.2. The van der Waals surface area contributed by atoms with Gasteiger partial charge >= 0.3 is 0 Å². The molecule has 3 heteroatoms. The maximum atomic E-state index is 6.06. The fraction of sp³-hybridized carbons (Fsp3) is 0.812. The Bertz CT molecular complexity index is 465. The van der Waals surface area contributed by atoms with Gasteiger partial charge in [-0.3, -0.25) is 0 Å². The first-order valence-corrected chi connectivity index (χ1v) is 7.85. The van der Waals surface area contributed by atoms with Gasteiger partial charge in [0.25, 0.3) is 0 Å². The van der Waals surface area contributed by atoms with Crippen LogP contribution in [0.2, 0.25) is 0 Å². The van der Waals surface area contributed by atoms with Crippen LogP contribution < -0.4 is 5.73 Å². The van der Waals surface area contributed by atoms with Crippen molar-refractivity contribution in [2.45, 2.75) is 56.9 Å². The predicted molar refractivity (Wildman–Crippen MR) is 75.7 cm³/mol. The Hall–Kier alpha value is -0.830. The molecule has 0 aliphatic heterocycles. The SMILES string of the molecule is CC(N)c1cnc(C23CC4CC(CC(C4)C2)C3)n1C. The molecule has 1 aromatic heterocycles. The second kappa shape index (κ2) is 3.85. The fourth-order valence-corrected chi connectivity index (χ4v) is 5.72. The first-order valence-electron chi connectivity index (χ1n) is 7.85. The Kier molecular flexibility index (Phi) is 2.42. The van der Waals surface area contributed by atoms with Crippen LogP contribution in [0.3, 0.4) is 0 Å². The number of hydrogen-bond donors (Lipinski definition) is 1.